The summed E-state index contributed by atoms with van der Waals surface area (Å²) >= 11 is 0. The van der Waals surface area contributed by atoms with E-state index >= 15 is 0 Å². The summed E-state index contributed by atoms with van der Waals surface area (Å²) in [6.07, 6.45) is 2.98. The van der Waals surface area contributed by atoms with Crippen molar-refractivity contribution in [2.24, 2.45) is 0 Å². The van der Waals surface area contributed by atoms with E-state index in [9.17, 15) is 9.90 Å². The predicted octanol–water partition coefficient (Wildman–Crippen LogP) is 0.461. The average molecular weight is 240 g/mol. The molecule has 0 radical (unpaired) electrons. The van der Waals surface area contributed by atoms with E-state index < -0.39 is 6.10 Å². The van der Waals surface area contributed by atoms with Gasteiger partial charge in [-0.3, -0.25) is 4.79 Å². The van der Waals surface area contributed by atoms with Crippen molar-refractivity contribution < 1.29 is 14.6 Å². The molecular weight excluding hydrogens is 220 g/mol. The number of hydrogen-bond acceptors (Lipinski definition) is 4. The van der Waals surface area contributed by atoms with Gasteiger partial charge in [-0.2, -0.15) is 0 Å². The number of methoxy groups -OCH3 is 1. The van der Waals surface area contributed by atoms with Crippen LogP contribution in [0.1, 0.15) is 18.5 Å². The Morgan fingerprint density at radius 3 is 3.12 bits per heavy atom. The standard InChI is InChI=1S/C12H20N2O3/c1-17-12(16)5-4-11(15)9-13-8-6-10-3-2-7-14-10/h2-3,7,11,13-15H,4-6,8-9H2,1H3. The number of aromatic amines is 1. The minimum atomic E-state index is -0.502. The van der Waals surface area contributed by atoms with Crippen molar-refractivity contribution in [3.63, 3.8) is 0 Å². The quantitative estimate of drug-likeness (QED) is 0.456. The molecule has 0 spiro atoms. The Morgan fingerprint density at radius 2 is 2.47 bits per heavy atom. The topological polar surface area (TPSA) is 74.3 Å². The van der Waals surface area contributed by atoms with Crippen molar-refractivity contribution >= 4 is 5.97 Å². The van der Waals surface area contributed by atoms with Gasteiger partial charge in [0.25, 0.3) is 0 Å². The summed E-state index contributed by atoms with van der Waals surface area (Å²) in [5.74, 6) is -0.282. The first-order valence-corrected chi connectivity index (χ1v) is 5.80. The number of hydrogen-bond donors (Lipinski definition) is 3. The summed E-state index contributed by atoms with van der Waals surface area (Å²) in [6.45, 7) is 1.30. The maximum absolute atomic E-state index is 10.8. The van der Waals surface area contributed by atoms with Gasteiger partial charge in [-0.05, 0) is 25.0 Å². The third-order valence-electron chi connectivity index (χ3n) is 2.52. The normalized spacial score (nSPS) is 12.4. The van der Waals surface area contributed by atoms with E-state index in [0.29, 0.717) is 13.0 Å². The lowest BCUT2D eigenvalue weighted by Crippen LogP contribution is -2.29. The molecule has 1 heterocycles. The predicted molar refractivity (Wildman–Crippen MR) is 64.6 cm³/mol. The molecule has 1 rings (SSSR count). The first-order valence-electron chi connectivity index (χ1n) is 5.80. The van der Waals surface area contributed by atoms with Crippen LogP contribution in [-0.4, -0.2) is 42.4 Å². The second-order valence-electron chi connectivity index (χ2n) is 3.92. The maximum Gasteiger partial charge on any atom is 0.305 e. The summed E-state index contributed by atoms with van der Waals surface area (Å²) in [4.78, 5) is 14.0. The van der Waals surface area contributed by atoms with Crippen LogP contribution in [0.2, 0.25) is 0 Å². The first-order chi connectivity index (χ1) is 8.22. The van der Waals surface area contributed by atoms with Crippen LogP contribution < -0.4 is 5.32 Å². The lowest BCUT2D eigenvalue weighted by atomic mass is 10.2. The highest BCUT2D eigenvalue weighted by Gasteiger charge is 2.07. The second-order valence-corrected chi connectivity index (χ2v) is 3.92. The second kappa shape index (κ2) is 7.86. The molecule has 0 saturated carbocycles. The fourth-order valence-corrected chi connectivity index (χ4v) is 1.50. The lowest BCUT2D eigenvalue weighted by Gasteiger charge is -2.10. The SMILES string of the molecule is COC(=O)CCC(O)CNCCc1ccc[nH]1. The highest BCUT2D eigenvalue weighted by molar-refractivity contribution is 5.69. The van der Waals surface area contributed by atoms with Crippen LogP contribution in [0, 0.1) is 0 Å². The molecule has 3 N–H and O–H groups in total. The van der Waals surface area contributed by atoms with Crippen LogP contribution in [0.15, 0.2) is 18.3 Å². The number of H-pyrrole nitrogens is 1. The molecule has 1 aromatic heterocycles. The average Bonchev–Trinajstić information content (AvgIpc) is 2.84. The van der Waals surface area contributed by atoms with Gasteiger partial charge in [0.15, 0.2) is 0 Å². The van der Waals surface area contributed by atoms with E-state index in [0.717, 1.165) is 13.0 Å². The Hall–Kier alpha value is -1.33. The number of aliphatic hydroxyl groups is 1. The molecule has 0 aliphatic heterocycles. The van der Waals surface area contributed by atoms with Crippen LogP contribution in [0.5, 0.6) is 0 Å². The fraction of sp³-hybridized carbons (Fsp3) is 0.583. The van der Waals surface area contributed by atoms with E-state index in [1.165, 1.54) is 12.8 Å². The van der Waals surface area contributed by atoms with Crippen LogP contribution in [-0.2, 0) is 16.0 Å². The third kappa shape index (κ3) is 6.09. The largest absolute Gasteiger partial charge is 0.469 e. The molecule has 0 aliphatic rings. The van der Waals surface area contributed by atoms with Crippen LogP contribution in [0.4, 0.5) is 0 Å². The monoisotopic (exact) mass is 240 g/mol. The number of esters is 1. The molecule has 1 aromatic rings. The summed E-state index contributed by atoms with van der Waals surface area (Å²) in [6, 6.07) is 3.98. The lowest BCUT2D eigenvalue weighted by molar-refractivity contribution is -0.141. The maximum atomic E-state index is 10.8. The van der Waals surface area contributed by atoms with Gasteiger partial charge in [-0.1, -0.05) is 0 Å². The number of aliphatic hydroxyl groups excluding tert-OH is 1. The van der Waals surface area contributed by atoms with Crippen molar-refractivity contribution in [2.45, 2.75) is 25.4 Å². The van der Waals surface area contributed by atoms with Crippen molar-refractivity contribution in [2.75, 3.05) is 20.2 Å². The van der Waals surface area contributed by atoms with E-state index in [4.69, 9.17) is 0 Å². The molecule has 0 amide bonds. The van der Waals surface area contributed by atoms with Crippen molar-refractivity contribution in [3.05, 3.63) is 24.0 Å². The van der Waals surface area contributed by atoms with Crippen LogP contribution in [0.3, 0.4) is 0 Å². The molecule has 0 aromatic carbocycles. The number of aromatic nitrogens is 1. The van der Waals surface area contributed by atoms with Crippen molar-refractivity contribution in [1.82, 2.24) is 10.3 Å². The summed E-state index contributed by atoms with van der Waals surface area (Å²) in [7, 11) is 1.35. The summed E-state index contributed by atoms with van der Waals surface area (Å²) in [5.41, 5.74) is 1.17. The Labute approximate surface area is 101 Å². The van der Waals surface area contributed by atoms with Crippen molar-refractivity contribution in [1.29, 1.82) is 0 Å². The van der Waals surface area contributed by atoms with E-state index in [1.807, 2.05) is 18.3 Å². The fourth-order valence-electron chi connectivity index (χ4n) is 1.50. The molecule has 0 fully saturated rings. The van der Waals surface area contributed by atoms with Gasteiger partial charge in [-0.15, -0.1) is 0 Å². The zero-order valence-corrected chi connectivity index (χ0v) is 10.1. The Bertz CT molecular complexity index is 312. The smallest absolute Gasteiger partial charge is 0.305 e. The first kappa shape index (κ1) is 13.7. The molecule has 1 atom stereocenters. The van der Waals surface area contributed by atoms with Gasteiger partial charge in [0.05, 0.1) is 13.2 Å². The third-order valence-corrected chi connectivity index (χ3v) is 2.52. The number of ether oxygens (including phenoxy) is 1. The molecule has 5 nitrogen and oxygen atoms in total. The highest BCUT2D eigenvalue weighted by atomic mass is 16.5. The van der Waals surface area contributed by atoms with Gasteiger partial charge < -0.3 is 20.1 Å². The Balaban J connectivity index is 2.00. The molecule has 96 valence electrons. The van der Waals surface area contributed by atoms with Gasteiger partial charge >= 0.3 is 5.97 Å². The van der Waals surface area contributed by atoms with Crippen molar-refractivity contribution in [3.8, 4) is 0 Å². The Morgan fingerprint density at radius 1 is 1.65 bits per heavy atom. The van der Waals surface area contributed by atoms with Gasteiger partial charge in [0.2, 0.25) is 0 Å². The van der Waals surface area contributed by atoms with Gasteiger partial charge in [0.1, 0.15) is 0 Å². The van der Waals surface area contributed by atoms with Gasteiger partial charge in [-0.25, -0.2) is 0 Å². The Kier molecular flexibility index (Phi) is 6.35. The molecule has 0 bridgehead atoms. The highest BCUT2D eigenvalue weighted by Crippen LogP contribution is 1.98. The van der Waals surface area contributed by atoms with Crippen LogP contribution in [0.25, 0.3) is 0 Å². The summed E-state index contributed by atoms with van der Waals surface area (Å²) < 4.78 is 4.50. The van der Waals surface area contributed by atoms with Gasteiger partial charge in [0, 0.05) is 31.4 Å². The zero-order valence-electron chi connectivity index (χ0n) is 10.1. The molecular formula is C12H20N2O3. The van der Waals surface area contributed by atoms with Crippen LogP contribution >= 0.6 is 0 Å². The number of carbonyl (C=O) groups is 1. The minimum Gasteiger partial charge on any atom is -0.469 e. The minimum absolute atomic E-state index is 0.260. The molecule has 17 heavy (non-hydrogen) atoms. The van der Waals surface area contributed by atoms with E-state index in [-0.39, 0.29) is 12.4 Å². The number of carbonyl (C=O) groups excluding carboxylic acids is 1. The zero-order chi connectivity index (χ0) is 12.5. The number of rotatable bonds is 8. The van der Waals surface area contributed by atoms with E-state index in [2.05, 4.69) is 15.0 Å². The molecule has 1 unspecified atom stereocenters. The molecule has 0 aliphatic carbocycles. The summed E-state index contributed by atoms with van der Waals surface area (Å²) in [5, 5.41) is 12.7. The number of nitrogens with one attached hydrogen (secondary N) is 2. The molecule has 0 saturated heterocycles. The van der Waals surface area contributed by atoms with E-state index in [1.54, 1.807) is 0 Å². The molecule has 5 heteroatoms.